The first-order valence-electron chi connectivity index (χ1n) is 8.18. The second-order valence-corrected chi connectivity index (χ2v) is 5.66. The molecular formula is C19H22N2O3. The van der Waals surface area contributed by atoms with Gasteiger partial charge in [-0.25, -0.2) is 0 Å². The molecule has 2 N–H and O–H groups in total. The number of benzene rings is 2. The molecule has 1 heterocycles. The average molecular weight is 326 g/mol. The van der Waals surface area contributed by atoms with E-state index in [4.69, 9.17) is 9.47 Å². The highest BCUT2D eigenvalue weighted by Crippen LogP contribution is 2.16. The Balaban J connectivity index is 1.66. The number of amides is 1. The van der Waals surface area contributed by atoms with E-state index in [-0.39, 0.29) is 11.9 Å². The number of para-hydroxylation sites is 1. The van der Waals surface area contributed by atoms with Crippen LogP contribution in [0.5, 0.6) is 5.75 Å². The lowest BCUT2D eigenvalue weighted by Gasteiger charge is -2.26. The van der Waals surface area contributed by atoms with Crippen molar-refractivity contribution in [3.63, 3.8) is 0 Å². The molecule has 0 saturated carbocycles. The Hall–Kier alpha value is -2.37. The molecule has 2 aromatic carbocycles. The first-order valence-corrected chi connectivity index (χ1v) is 8.18. The van der Waals surface area contributed by atoms with Crippen LogP contribution in [0.4, 0.5) is 0 Å². The maximum Gasteiger partial charge on any atom is 0.251 e. The van der Waals surface area contributed by atoms with Crippen LogP contribution < -0.4 is 15.4 Å². The Labute approximate surface area is 142 Å². The van der Waals surface area contributed by atoms with Crippen molar-refractivity contribution in [2.24, 2.45) is 0 Å². The molecule has 1 aliphatic heterocycles. The number of carbonyl (C=O) groups is 1. The lowest BCUT2D eigenvalue weighted by molar-refractivity contribution is -0.135. The van der Waals surface area contributed by atoms with Gasteiger partial charge in [-0.3, -0.25) is 4.79 Å². The van der Waals surface area contributed by atoms with Gasteiger partial charge in [-0.2, -0.15) is 0 Å². The molecule has 5 heteroatoms. The van der Waals surface area contributed by atoms with Gasteiger partial charge < -0.3 is 20.1 Å². The Morgan fingerprint density at radius 3 is 2.54 bits per heavy atom. The molecule has 1 fully saturated rings. The molecule has 1 saturated heterocycles. The number of hydrogen-bond donors (Lipinski definition) is 2. The molecule has 3 rings (SSSR count). The third-order valence-electron chi connectivity index (χ3n) is 3.90. The summed E-state index contributed by atoms with van der Waals surface area (Å²) in [4.78, 5) is 12.5. The van der Waals surface area contributed by atoms with Crippen molar-refractivity contribution in [3.8, 4) is 5.75 Å². The molecular weight excluding hydrogens is 304 g/mol. The van der Waals surface area contributed by atoms with Gasteiger partial charge in [0.15, 0.2) is 0 Å². The van der Waals surface area contributed by atoms with Crippen molar-refractivity contribution in [3.05, 3.63) is 66.2 Å². The fraction of sp³-hybridized carbons (Fsp3) is 0.316. The summed E-state index contributed by atoms with van der Waals surface area (Å²) in [5.74, 6) is 0.663. The largest absolute Gasteiger partial charge is 0.491 e. The Morgan fingerprint density at radius 1 is 1.17 bits per heavy atom. The quantitative estimate of drug-likeness (QED) is 0.851. The highest BCUT2D eigenvalue weighted by molar-refractivity contribution is 5.81. The van der Waals surface area contributed by atoms with E-state index >= 15 is 0 Å². The van der Waals surface area contributed by atoms with Crippen molar-refractivity contribution >= 4 is 5.91 Å². The molecule has 1 aliphatic rings. The molecule has 24 heavy (non-hydrogen) atoms. The third-order valence-corrected chi connectivity index (χ3v) is 3.90. The Bertz CT molecular complexity index is 628. The number of nitrogens with one attached hydrogen (secondary N) is 2. The third kappa shape index (κ3) is 4.57. The normalized spacial score (nSPS) is 18.6. The van der Waals surface area contributed by atoms with E-state index in [0.29, 0.717) is 19.8 Å². The fourth-order valence-corrected chi connectivity index (χ4v) is 2.60. The number of ether oxygens (including phenoxy) is 2. The summed E-state index contributed by atoms with van der Waals surface area (Å²) in [5, 5.41) is 6.21. The maximum absolute atomic E-state index is 12.5. The topological polar surface area (TPSA) is 59.6 Å². The number of rotatable bonds is 6. The van der Waals surface area contributed by atoms with Crippen molar-refractivity contribution in [1.82, 2.24) is 10.6 Å². The van der Waals surface area contributed by atoms with Crippen LogP contribution in [0.3, 0.4) is 0 Å². The summed E-state index contributed by atoms with van der Waals surface area (Å²) in [6.07, 6.45) is -0.457. The standard InChI is InChI=1S/C19H22N2O3/c22-19(18-13-20-11-12-23-18)21-17(15-7-3-1-4-8-15)14-24-16-9-5-2-6-10-16/h1-10,17-18,20H,11-14H2,(H,21,22). The number of carbonyl (C=O) groups excluding carboxylic acids is 1. The fourth-order valence-electron chi connectivity index (χ4n) is 2.60. The zero-order valence-corrected chi connectivity index (χ0v) is 13.5. The smallest absolute Gasteiger partial charge is 0.251 e. The van der Waals surface area contributed by atoms with Gasteiger partial charge >= 0.3 is 0 Å². The number of morpholine rings is 1. The van der Waals surface area contributed by atoms with E-state index in [0.717, 1.165) is 17.9 Å². The van der Waals surface area contributed by atoms with Crippen LogP contribution in [0.2, 0.25) is 0 Å². The molecule has 0 radical (unpaired) electrons. The molecule has 0 spiro atoms. The van der Waals surface area contributed by atoms with Crippen LogP contribution in [-0.2, 0) is 9.53 Å². The summed E-state index contributed by atoms with van der Waals surface area (Å²) < 4.78 is 11.4. The van der Waals surface area contributed by atoms with E-state index < -0.39 is 6.10 Å². The van der Waals surface area contributed by atoms with Crippen LogP contribution in [0.1, 0.15) is 11.6 Å². The second kappa shape index (κ2) is 8.47. The predicted molar refractivity (Wildman–Crippen MR) is 91.9 cm³/mol. The van der Waals surface area contributed by atoms with Gasteiger partial charge in [0.1, 0.15) is 18.5 Å². The molecule has 126 valence electrons. The highest BCUT2D eigenvalue weighted by Gasteiger charge is 2.25. The monoisotopic (exact) mass is 326 g/mol. The zero-order chi connectivity index (χ0) is 16.6. The second-order valence-electron chi connectivity index (χ2n) is 5.66. The molecule has 1 amide bonds. The summed E-state index contributed by atoms with van der Waals surface area (Å²) in [5.41, 5.74) is 1.01. The van der Waals surface area contributed by atoms with E-state index in [9.17, 15) is 4.79 Å². The summed E-state index contributed by atoms with van der Waals surface area (Å²) >= 11 is 0. The molecule has 0 bridgehead atoms. The molecule has 2 atom stereocenters. The van der Waals surface area contributed by atoms with E-state index in [1.807, 2.05) is 60.7 Å². The SMILES string of the molecule is O=C(NC(COc1ccccc1)c1ccccc1)C1CNCCO1. The summed E-state index contributed by atoms with van der Waals surface area (Å²) in [7, 11) is 0. The van der Waals surface area contributed by atoms with Crippen molar-refractivity contribution in [2.45, 2.75) is 12.1 Å². The molecule has 2 unspecified atom stereocenters. The molecule has 5 nitrogen and oxygen atoms in total. The Kier molecular flexibility index (Phi) is 5.82. The van der Waals surface area contributed by atoms with Gasteiger partial charge in [-0.1, -0.05) is 48.5 Å². The minimum Gasteiger partial charge on any atom is -0.491 e. The van der Waals surface area contributed by atoms with Gasteiger partial charge in [0.25, 0.3) is 5.91 Å². The zero-order valence-electron chi connectivity index (χ0n) is 13.5. The van der Waals surface area contributed by atoms with Crippen LogP contribution >= 0.6 is 0 Å². The van der Waals surface area contributed by atoms with E-state index in [1.54, 1.807) is 0 Å². The van der Waals surface area contributed by atoms with Crippen molar-refractivity contribution in [1.29, 1.82) is 0 Å². The first kappa shape index (κ1) is 16.5. The molecule has 2 aromatic rings. The van der Waals surface area contributed by atoms with Crippen LogP contribution in [0.15, 0.2) is 60.7 Å². The van der Waals surface area contributed by atoms with Gasteiger partial charge in [0.2, 0.25) is 0 Å². The summed E-state index contributed by atoms with van der Waals surface area (Å²) in [6, 6.07) is 19.2. The lowest BCUT2D eigenvalue weighted by Crippen LogP contribution is -2.49. The van der Waals surface area contributed by atoms with Crippen LogP contribution in [-0.4, -0.2) is 38.3 Å². The highest BCUT2D eigenvalue weighted by atomic mass is 16.5. The minimum atomic E-state index is -0.457. The van der Waals surface area contributed by atoms with Crippen molar-refractivity contribution in [2.75, 3.05) is 26.3 Å². The van der Waals surface area contributed by atoms with Gasteiger partial charge in [-0.05, 0) is 17.7 Å². The van der Waals surface area contributed by atoms with Crippen molar-refractivity contribution < 1.29 is 14.3 Å². The van der Waals surface area contributed by atoms with E-state index in [1.165, 1.54) is 0 Å². The Morgan fingerprint density at radius 2 is 1.88 bits per heavy atom. The number of hydrogen-bond acceptors (Lipinski definition) is 4. The van der Waals surface area contributed by atoms with Gasteiger partial charge in [-0.15, -0.1) is 0 Å². The first-order chi connectivity index (χ1) is 11.8. The van der Waals surface area contributed by atoms with Gasteiger partial charge in [0, 0.05) is 13.1 Å². The average Bonchev–Trinajstić information content (AvgIpc) is 2.67. The predicted octanol–water partition coefficient (Wildman–Crippen LogP) is 1.91. The van der Waals surface area contributed by atoms with E-state index in [2.05, 4.69) is 10.6 Å². The van der Waals surface area contributed by atoms with Crippen LogP contribution in [0.25, 0.3) is 0 Å². The molecule has 0 aliphatic carbocycles. The maximum atomic E-state index is 12.5. The molecule has 0 aromatic heterocycles. The minimum absolute atomic E-state index is 0.118. The van der Waals surface area contributed by atoms with Crippen LogP contribution in [0, 0.1) is 0 Å². The lowest BCUT2D eigenvalue weighted by atomic mass is 10.1. The van der Waals surface area contributed by atoms with Gasteiger partial charge in [0.05, 0.1) is 12.6 Å². The summed E-state index contributed by atoms with van der Waals surface area (Å²) in [6.45, 7) is 2.23.